The molecule has 1 heterocycles. The highest BCUT2D eigenvalue weighted by atomic mass is 35.5. The van der Waals surface area contributed by atoms with Gasteiger partial charge in [-0.1, -0.05) is 41.9 Å². The molecule has 0 fully saturated rings. The number of nitrogens with one attached hydrogen (secondary N) is 1. The lowest BCUT2D eigenvalue weighted by atomic mass is 9.68. The number of hydrogen-bond acceptors (Lipinski definition) is 5. The molecule has 0 aromatic heterocycles. The predicted molar refractivity (Wildman–Crippen MR) is 127 cm³/mol. The van der Waals surface area contributed by atoms with Crippen molar-refractivity contribution in [3.8, 4) is 0 Å². The Labute approximate surface area is 193 Å². The zero-order valence-electron chi connectivity index (χ0n) is 18.7. The minimum absolute atomic E-state index is 0.0391. The zero-order valence-corrected chi connectivity index (χ0v) is 19.4. The van der Waals surface area contributed by atoms with E-state index in [1.165, 1.54) is 7.11 Å². The second-order valence-corrected chi connectivity index (χ2v) is 8.98. The molecule has 1 aliphatic carbocycles. The number of anilines is 1. The van der Waals surface area contributed by atoms with Crippen LogP contribution < -0.4 is 10.2 Å². The average Bonchev–Trinajstić information content (AvgIpc) is 2.78. The number of ether oxygens (including phenoxy) is 1. The smallest absolute Gasteiger partial charge is 0.336 e. The van der Waals surface area contributed by atoms with E-state index in [2.05, 4.69) is 11.4 Å². The van der Waals surface area contributed by atoms with Crippen molar-refractivity contribution in [2.45, 2.75) is 25.2 Å². The third-order valence-electron chi connectivity index (χ3n) is 6.34. The summed E-state index contributed by atoms with van der Waals surface area (Å²) in [4.78, 5) is 28.3. The normalized spacial score (nSPS) is 22.6. The van der Waals surface area contributed by atoms with Gasteiger partial charge in [-0.2, -0.15) is 0 Å². The summed E-state index contributed by atoms with van der Waals surface area (Å²) in [6, 6.07) is 15.6. The van der Waals surface area contributed by atoms with E-state index < -0.39 is 17.8 Å². The van der Waals surface area contributed by atoms with Gasteiger partial charge in [-0.3, -0.25) is 4.79 Å². The number of rotatable bonds is 4. The van der Waals surface area contributed by atoms with Crippen molar-refractivity contribution in [1.82, 2.24) is 5.32 Å². The molecule has 3 unspecified atom stereocenters. The van der Waals surface area contributed by atoms with Crippen molar-refractivity contribution >= 4 is 29.0 Å². The molecular weight excluding hydrogens is 424 g/mol. The maximum atomic E-state index is 13.5. The summed E-state index contributed by atoms with van der Waals surface area (Å²) in [5.41, 5.74) is 5.08. The third-order valence-corrected chi connectivity index (χ3v) is 6.59. The van der Waals surface area contributed by atoms with E-state index >= 15 is 0 Å². The van der Waals surface area contributed by atoms with Crippen LogP contribution in [0.4, 0.5) is 5.69 Å². The molecule has 4 rings (SSSR count). The monoisotopic (exact) mass is 450 g/mol. The quantitative estimate of drug-likeness (QED) is 0.678. The Kier molecular flexibility index (Phi) is 6.11. The van der Waals surface area contributed by atoms with E-state index in [4.69, 9.17) is 16.3 Å². The summed E-state index contributed by atoms with van der Waals surface area (Å²) in [6.45, 7) is 1.86. The van der Waals surface area contributed by atoms with Crippen molar-refractivity contribution in [2.75, 3.05) is 26.1 Å². The number of nitrogens with zero attached hydrogens (tertiary/aromatic N) is 1. The average molecular weight is 451 g/mol. The van der Waals surface area contributed by atoms with Crippen LogP contribution in [0, 0.1) is 5.92 Å². The van der Waals surface area contributed by atoms with Crippen LogP contribution in [0.2, 0.25) is 5.02 Å². The number of carbonyl (C=O) groups is 2. The van der Waals surface area contributed by atoms with Gasteiger partial charge in [0.2, 0.25) is 0 Å². The maximum Gasteiger partial charge on any atom is 0.336 e. The molecule has 2 aromatic rings. The first-order valence-corrected chi connectivity index (χ1v) is 11.0. The molecule has 2 aromatic carbocycles. The van der Waals surface area contributed by atoms with Crippen LogP contribution in [-0.2, 0) is 14.3 Å². The molecule has 2 aliphatic rings. The second-order valence-electron chi connectivity index (χ2n) is 8.55. The number of hydrogen-bond donors (Lipinski definition) is 1. The number of esters is 1. The molecule has 1 N–H and O–H groups in total. The number of benzene rings is 2. The van der Waals surface area contributed by atoms with Crippen molar-refractivity contribution in [2.24, 2.45) is 5.92 Å². The van der Waals surface area contributed by atoms with Gasteiger partial charge in [0.1, 0.15) is 5.78 Å². The number of fused-ring (bicyclic) bond motifs is 1. The molecule has 0 radical (unpaired) electrons. The molecule has 0 amide bonds. The summed E-state index contributed by atoms with van der Waals surface area (Å²) >= 11 is 6.04. The Morgan fingerprint density at radius 1 is 1.03 bits per heavy atom. The topological polar surface area (TPSA) is 58.6 Å². The number of Topliss-reactive ketones (excluding diaryl/α,β-unsaturated/α-hetero) is 1. The summed E-state index contributed by atoms with van der Waals surface area (Å²) < 4.78 is 5.10. The lowest BCUT2D eigenvalue weighted by Crippen LogP contribution is -2.41. The fourth-order valence-corrected chi connectivity index (χ4v) is 4.84. The van der Waals surface area contributed by atoms with E-state index in [0.717, 1.165) is 22.5 Å². The van der Waals surface area contributed by atoms with Crippen LogP contribution in [0.1, 0.15) is 36.3 Å². The Balaban J connectivity index is 1.80. The molecule has 32 heavy (non-hydrogen) atoms. The van der Waals surface area contributed by atoms with Crippen LogP contribution in [0.5, 0.6) is 0 Å². The molecule has 0 saturated carbocycles. The minimum Gasteiger partial charge on any atom is -0.466 e. The Morgan fingerprint density at radius 3 is 2.25 bits per heavy atom. The van der Waals surface area contributed by atoms with Gasteiger partial charge in [-0.15, -0.1) is 0 Å². The molecule has 5 nitrogen and oxygen atoms in total. The van der Waals surface area contributed by atoms with Gasteiger partial charge in [-0.05, 0) is 42.3 Å². The SMILES string of the molecule is COC(=O)C1=C(C)NC2=CC(c3ccc(Cl)cc3)CC(=O)C2C1c1ccc(N(C)C)cc1. The molecule has 1 aliphatic heterocycles. The molecule has 0 bridgehead atoms. The van der Waals surface area contributed by atoms with Crippen LogP contribution >= 0.6 is 11.6 Å². The van der Waals surface area contributed by atoms with E-state index in [1.807, 2.05) is 74.4 Å². The third kappa shape index (κ3) is 4.05. The van der Waals surface area contributed by atoms with Gasteiger partial charge in [0.05, 0.1) is 18.6 Å². The van der Waals surface area contributed by atoms with Crippen molar-refractivity contribution in [3.63, 3.8) is 0 Å². The summed E-state index contributed by atoms with van der Waals surface area (Å²) in [6.07, 6.45) is 2.49. The van der Waals surface area contributed by atoms with E-state index in [1.54, 1.807) is 0 Å². The van der Waals surface area contributed by atoms with Gasteiger partial charge in [-0.25, -0.2) is 4.79 Å². The number of halogens is 1. The van der Waals surface area contributed by atoms with Gasteiger partial charge in [0, 0.05) is 54.5 Å². The maximum absolute atomic E-state index is 13.5. The van der Waals surface area contributed by atoms with Crippen molar-refractivity contribution in [1.29, 1.82) is 0 Å². The first-order chi connectivity index (χ1) is 15.3. The zero-order chi connectivity index (χ0) is 23.0. The fraction of sp³-hybridized carbons (Fsp3) is 0.308. The highest BCUT2D eigenvalue weighted by Gasteiger charge is 2.44. The highest BCUT2D eigenvalue weighted by Crippen LogP contribution is 2.46. The van der Waals surface area contributed by atoms with Crippen LogP contribution in [0.15, 0.2) is 71.6 Å². The number of methoxy groups -OCH3 is 1. The molecule has 3 atom stereocenters. The van der Waals surface area contributed by atoms with E-state index in [9.17, 15) is 9.59 Å². The lowest BCUT2D eigenvalue weighted by Gasteiger charge is -2.39. The van der Waals surface area contributed by atoms with Crippen molar-refractivity contribution in [3.05, 3.63) is 87.7 Å². The first kappa shape index (κ1) is 22.2. The molecule has 6 heteroatoms. The Bertz CT molecular complexity index is 1100. The van der Waals surface area contributed by atoms with E-state index in [-0.39, 0.29) is 11.7 Å². The molecule has 0 spiro atoms. The highest BCUT2D eigenvalue weighted by molar-refractivity contribution is 6.30. The van der Waals surface area contributed by atoms with E-state index in [0.29, 0.717) is 22.7 Å². The molecular formula is C26H27ClN2O3. The summed E-state index contributed by atoms with van der Waals surface area (Å²) in [7, 11) is 5.33. The fourth-order valence-electron chi connectivity index (χ4n) is 4.72. The number of carbonyl (C=O) groups excluding carboxylic acids is 2. The Hall–Kier alpha value is -3.05. The van der Waals surface area contributed by atoms with Gasteiger partial charge >= 0.3 is 5.97 Å². The largest absolute Gasteiger partial charge is 0.466 e. The minimum atomic E-state index is -0.457. The first-order valence-electron chi connectivity index (χ1n) is 10.6. The van der Waals surface area contributed by atoms with Crippen LogP contribution in [-0.4, -0.2) is 33.0 Å². The molecule has 0 saturated heterocycles. The van der Waals surface area contributed by atoms with Crippen LogP contribution in [0.25, 0.3) is 0 Å². The van der Waals surface area contributed by atoms with Gasteiger partial charge in [0.15, 0.2) is 0 Å². The predicted octanol–water partition coefficient (Wildman–Crippen LogP) is 4.80. The lowest BCUT2D eigenvalue weighted by molar-refractivity contribution is -0.136. The van der Waals surface area contributed by atoms with Gasteiger partial charge < -0.3 is 15.0 Å². The second kappa shape index (κ2) is 8.83. The summed E-state index contributed by atoms with van der Waals surface area (Å²) in [5, 5.41) is 4.01. The number of allylic oxidation sites excluding steroid dienone is 3. The van der Waals surface area contributed by atoms with Crippen molar-refractivity contribution < 1.29 is 14.3 Å². The summed E-state index contributed by atoms with van der Waals surface area (Å²) in [5.74, 6) is -1.21. The van der Waals surface area contributed by atoms with Gasteiger partial charge in [0.25, 0.3) is 0 Å². The van der Waals surface area contributed by atoms with Crippen LogP contribution in [0.3, 0.4) is 0 Å². The Morgan fingerprint density at radius 2 is 1.66 bits per heavy atom. The molecule has 166 valence electrons. The standard InChI is InChI=1S/C26H27ClN2O3/c1-15-23(26(31)32-4)24(17-7-11-20(12-8-17)29(2)3)25-21(28-15)13-18(14-22(25)30)16-5-9-19(27)10-6-16/h5-13,18,24-25,28H,14H2,1-4H3. The number of ketones is 1.